The molecule has 1 aromatic rings. The smallest absolute Gasteiger partial charge is 0.128 e. The summed E-state index contributed by atoms with van der Waals surface area (Å²) in [7, 11) is 4.03. The van der Waals surface area contributed by atoms with E-state index >= 15 is 0 Å². The highest BCUT2D eigenvalue weighted by Crippen LogP contribution is 2.18. The highest BCUT2D eigenvalue weighted by Gasteiger charge is 2.00. The third kappa shape index (κ3) is 3.58. The van der Waals surface area contributed by atoms with Gasteiger partial charge in [0.2, 0.25) is 0 Å². The molecule has 0 aliphatic rings. The number of hydrogen-bond acceptors (Lipinski definition) is 3. The van der Waals surface area contributed by atoms with Crippen molar-refractivity contribution in [2.45, 2.75) is 24.9 Å². The van der Waals surface area contributed by atoms with Crippen LogP contribution in [0.4, 0.5) is 5.82 Å². The Labute approximate surface area is 90.7 Å². The monoisotopic (exact) mass is 210 g/mol. The van der Waals surface area contributed by atoms with Crippen molar-refractivity contribution in [2.75, 3.05) is 19.0 Å². The molecule has 0 spiro atoms. The van der Waals surface area contributed by atoms with Gasteiger partial charge in [-0.2, -0.15) is 11.8 Å². The third-order valence-electron chi connectivity index (χ3n) is 1.85. The molecule has 0 atom stereocenters. The van der Waals surface area contributed by atoms with Crippen molar-refractivity contribution >= 4 is 17.6 Å². The van der Waals surface area contributed by atoms with Crippen LogP contribution in [0, 0.1) is 0 Å². The van der Waals surface area contributed by atoms with Crippen molar-refractivity contribution in [3.63, 3.8) is 0 Å². The second-order valence-electron chi connectivity index (χ2n) is 3.78. The summed E-state index contributed by atoms with van der Waals surface area (Å²) in [4.78, 5) is 6.31. The number of thioether (sulfide) groups is 1. The molecule has 0 aliphatic heterocycles. The van der Waals surface area contributed by atoms with E-state index in [1.54, 1.807) is 0 Å². The van der Waals surface area contributed by atoms with Gasteiger partial charge in [0, 0.05) is 26.0 Å². The molecular formula is C11H18N2S. The summed E-state index contributed by atoms with van der Waals surface area (Å²) in [6, 6.07) is 4.23. The van der Waals surface area contributed by atoms with E-state index in [0.717, 1.165) is 11.6 Å². The van der Waals surface area contributed by atoms with Gasteiger partial charge in [-0.25, -0.2) is 4.98 Å². The average molecular weight is 210 g/mol. The van der Waals surface area contributed by atoms with E-state index in [1.807, 2.05) is 37.0 Å². The summed E-state index contributed by atoms with van der Waals surface area (Å²) in [5, 5.41) is 0.686. The molecule has 0 saturated carbocycles. The van der Waals surface area contributed by atoms with Crippen molar-refractivity contribution in [3.8, 4) is 0 Å². The molecule has 3 heteroatoms. The van der Waals surface area contributed by atoms with Gasteiger partial charge in [0.25, 0.3) is 0 Å². The molecule has 1 heterocycles. The topological polar surface area (TPSA) is 16.1 Å². The van der Waals surface area contributed by atoms with E-state index in [2.05, 4.69) is 31.0 Å². The van der Waals surface area contributed by atoms with E-state index in [0.29, 0.717) is 5.25 Å². The van der Waals surface area contributed by atoms with Gasteiger partial charge in [-0.15, -0.1) is 0 Å². The summed E-state index contributed by atoms with van der Waals surface area (Å²) in [6.07, 6.45) is 1.88. The fourth-order valence-electron chi connectivity index (χ4n) is 1.06. The molecule has 0 N–H and O–H groups in total. The summed E-state index contributed by atoms with van der Waals surface area (Å²) in [5.41, 5.74) is 1.35. The fraction of sp³-hybridized carbons (Fsp3) is 0.545. The Morgan fingerprint density at radius 2 is 2.14 bits per heavy atom. The van der Waals surface area contributed by atoms with Crippen molar-refractivity contribution in [1.29, 1.82) is 0 Å². The predicted octanol–water partition coefficient (Wildman–Crippen LogP) is 2.79. The van der Waals surface area contributed by atoms with Gasteiger partial charge in [0.15, 0.2) is 0 Å². The normalized spacial score (nSPS) is 10.6. The van der Waals surface area contributed by atoms with Crippen LogP contribution >= 0.6 is 11.8 Å². The van der Waals surface area contributed by atoms with Gasteiger partial charge in [0.1, 0.15) is 5.82 Å². The lowest BCUT2D eigenvalue weighted by Crippen LogP contribution is -2.10. The second kappa shape index (κ2) is 5.25. The Morgan fingerprint density at radius 3 is 2.71 bits per heavy atom. The van der Waals surface area contributed by atoms with Gasteiger partial charge in [-0.1, -0.05) is 13.8 Å². The van der Waals surface area contributed by atoms with Crippen LogP contribution in [0.2, 0.25) is 0 Å². The van der Waals surface area contributed by atoms with E-state index in [4.69, 9.17) is 0 Å². The maximum atomic E-state index is 4.28. The lowest BCUT2D eigenvalue weighted by molar-refractivity contribution is 1.06. The van der Waals surface area contributed by atoms with Gasteiger partial charge >= 0.3 is 0 Å². The van der Waals surface area contributed by atoms with Crippen molar-refractivity contribution in [3.05, 3.63) is 23.9 Å². The minimum Gasteiger partial charge on any atom is -0.363 e. The van der Waals surface area contributed by atoms with Crippen LogP contribution in [0.15, 0.2) is 18.3 Å². The number of anilines is 1. The van der Waals surface area contributed by atoms with E-state index in [9.17, 15) is 0 Å². The minimum atomic E-state index is 0.686. The van der Waals surface area contributed by atoms with Crippen molar-refractivity contribution in [2.24, 2.45) is 0 Å². The highest BCUT2D eigenvalue weighted by molar-refractivity contribution is 7.99. The molecule has 1 rings (SSSR count). The highest BCUT2D eigenvalue weighted by atomic mass is 32.2. The first kappa shape index (κ1) is 11.4. The van der Waals surface area contributed by atoms with Crippen LogP contribution in [0.25, 0.3) is 0 Å². The zero-order chi connectivity index (χ0) is 10.6. The van der Waals surface area contributed by atoms with Gasteiger partial charge < -0.3 is 4.90 Å². The van der Waals surface area contributed by atoms with Crippen LogP contribution in [-0.2, 0) is 5.75 Å². The van der Waals surface area contributed by atoms with Crippen LogP contribution in [0.5, 0.6) is 0 Å². The lowest BCUT2D eigenvalue weighted by Gasteiger charge is -2.12. The number of pyridine rings is 1. The molecule has 0 unspecified atom stereocenters. The Kier molecular flexibility index (Phi) is 4.26. The van der Waals surface area contributed by atoms with Crippen LogP contribution in [0.3, 0.4) is 0 Å². The first-order chi connectivity index (χ1) is 6.59. The SMILES string of the molecule is CC(C)SCc1ccnc(N(C)C)c1. The number of hydrogen-bond donors (Lipinski definition) is 0. The van der Waals surface area contributed by atoms with E-state index in [1.165, 1.54) is 5.56 Å². The van der Waals surface area contributed by atoms with Gasteiger partial charge in [0.05, 0.1) is 0 Å². The lowest BCUT2D eigenvalue weighted by atomic mass is 10.3. The first-order valence-electron chi connectivity index (χ1n) is 4.83. The van der Waals surface area contributed by atoms with E-state index < -0.39 is 0 Å². The minimum absolute atomic E-state index is 0.686. The number of rotatable bonds is 4. The standard InChI is InChI=1S/C11H18N2S/c1-9(2)14-8-10-5-6-12-11(7-10)13(3)4/h5-7,9H,8H2,1-4H3. The maximum absolute atomic E-state index is 4.28. The molecule has 0 radical (unpaired) electrons. The molecule has 0 amide bonds. The number of aromatic nitrogens is 1. The molecule has 2 nitrogen and oxygen atoms in total. The summed E-state index contributed by atoms with van der Waals surface area (Å²) in [5.74, 6) is 2.10. The Balaban J connectivity index is 2.64. The Bertz CT molecular complexity index is 284. The third-order valence-corrected chi connectivity index (χ3v) is 3.02. The molecule has 0 saturated heterocycles. The molecular weight excluding hydrogens is 192 g/mol. The van der Waals surface area contributed by atoms with Crippen molar-refractivity contribution < 1.29 is 0 Å². The average Bonchev–Trinajstić information content (AvgIpc) is 2.15. The van der Waals surface area contributed by atoms with Gasteiger partial charge in [-0.3, -0.25) is 0 Å². The molecule has 14 heavy (non-hydrogen) atoms. The zero-order valence-electron chi connectivity index (χ0n) is 9.32. The molecule has 78 valence electrons. The van der Waals surface area contributed by atoms with Crippen molar-refractivity contribution in [1.82, 2.24) is 4.98 Å². The Hall–Kier alpha value is -0.700. The van der Waals surface area contributed by atoms with E-state index in [-0.39, 0.29) is 0 Å². The summed E-state index contributed by atoms with van der Waals surface area (Å²) >= 11 is 1.96. The van der Waals surface area contributed by atoms with Crippen LogP contribution in [-0.4, -0.2) is 24.3 Å². The van der Waals surface area contributed by atoms with Crippen LogP contribution in [0.1, 0.15) is 19.4 Å². The molecule has 0 bridgehead atoms. The molecule has 1 aromatic heterocycles. The maximum Gasteiger partial charge on any atom is 0.128 e. The summed E-state index contributed by atoms with van der Waals surface area (Å²) < 4.78 is 0. The zero-order valence-corrected chi connectivity index (χ0v) is 10.1. The molecule has 0 aromatic carbocycles. The predicted molar refractivity (Wildman–Crippen MR) is 65.0 cm³/mol. The quantitative estimate of drug-likeness (QED) is 0.760. The molecule has 0 aliphatic carbocycles. The second-order valence-corrected chi connectivity index (χ2v) is 5.34. The first-order valence-corrected chi connectivity index (χ1v) is 5.88. The summed E-state index contributed by atoms with van der Waals surface area (Å²) in [6.45, 7) is 4.44. The van der Waals surface area contributed by atoms with Gasteiger partial charge in [-0.05, 0) is 22.9 Å². The Morgan fingerprint density at radius 1 is 1.43 bits per heavy atom. The fourth-order valence-corrected chi connectivity index (χ4v) is 1.76. The molecule has 0 fully saturated rings. The number of nitrogens with zero attached hydrogens (tertiary/aromatic N) is 2. The largest absolute Gasteiger partial charge is 0.363 e. The van der Waals surface area contributed by atoms with Crippen LogP contribution < -0.4 is 4.90 Å².